The van der Waals surface area contributed by atoms with Gasteiger partial charge in [-0.05, 0) is 125 Å². The fourth-order valence-electron chi connectivity index (χ4n) is 6.53. The molecule has 280 valence electrons. The summed E-state index contributed by atoms with van der Waals surface area (Å²) in [6, 6.07) is 1.34. The number of benzene rings is 3. The van der Waals surface area contributed by atoms with Crippen LogP contribution in [0.1, 0.15) is 95.0 Å². The topological polar surface area (TPSA) is 183 Å². The van der Waals surface area contributed by atoms with Crippen molar-refractivity contribution >= 4 is 29.7 Å². The number of phenols is 1. The summed E-state index contributed by atoms with van der Waals surface area (Å²) in [6.07, 6.45) is 2.30. The number of carboxylic acid groups (broad SMARTS) is 1. The number of aliphatic hydroxyl groups is 1. The van der Waals surface area contributed by atoms with E-state index in [9.17, 15) is 39.3 Å². The van der Waals surface area contributed by atoms with Crippen molar-refractivity contribution in [1.82, 2.24) is 0 Å². The van der Waals surface area contributed by atoms with Gasteiger partial charge in [0.15, 0.2) is 17.3 Å². The highest BCUT2D eigenvalue weighted by atomic mass is 19.1. The molecule has 0 aliphatic heterocycles. The second kappa shape index (κ2) is 14.7. The van der Waals surface area contributed by atoms with Crippen molar-refractivity contribution in [3.8, 4) is 23.0 Å². The Hall–Kier alpha value is -5.82. The molecule has 3 aromatic rings. The van der Waals surface area contributed by atoms with Crippen LogP contribution in [0.4, 0.5) is 4.39 Å². The molecule has 0 fully saturated rings. The van der Waals surface area contributed by atoms with Crippen molar-refractivity contribution in [2.45, 2.75) is 81.3 Å². The SMILES string of the molecule is CCc1c(C)c(C(=O)O)c(C)c(C)c1OC(=O)c1c(C)cc(OC(=O)c2c(C)c(C)c(OC(=O)C3(O)C(C)=CC(=O)C=C3OC)c(F)c2C)c(C)c1O. The minimum Gasteiger partial charge on any atom is -0.507 e. The molecule has 3 N–H and O–H groups in total. The Kier molecular flexibility index (Phi) is 11.1. The Bertz CT molecular complexity index is 2180. The summed E-state index contributed by atoms with van der Waals surface area (Å²) < 4.78 is 37.8. The van der Waals surface area contributed by atoms with E-state index >= 15 is 4.39 Å². The summed E-state index contributed by atoms with van der Waals surface area (Å²) in [5.41, 5.74) is -0.891. The summed E-state index contributed by atoms with van der Waals surface area (Å²) in [5, 5.41) is 32.2. The average molecular weight is 733 g/mol. The number of phenolic OH excluding ortho intramolecular Hbond substituents is 1. The summed E-state index contributed by atoms with van der Waals surface area (Å²) >= 11 is 0. The summed E-state index contributed by atoms with van der Waals surface area (Å²) in [5.74, 6) is -7.45. The van der Waals surface area contributed by atoms with Gasteiger partial charge < -0.3 is 34.3 Å². The van der Waals surface area contributed by atoms with E-state index in [1.54, 1.807) is 27.7 Å². The lowest BCUT2D eigenvalue weighted by Crippen LogP contribution is -2.47. The molecule has 0 bridgehead atoms. The zero-order chi connectivity index (χ0) is 40.0. The van der Waals surface area contributed by atoms with Crippen LogP contribution in [-0.2, 0) is 20.7 Å². The van der Waals surface area contributed by atoms with Gasteiger partial charge in [0.25, 0.3) is 0 Å². The highest BCUT2D eigenvalue weighted by molar-refractivity contribution is 6.06. The molecule has 3 aromatic carbocycles. The first-order chi connectivity index (χ1) is 24.6. The third-order valence-corrected chi connectivity index (χ3v) is 9.91. The van der Waals surface area contributed by atoms with Gasteiger partial charge >= 0.3 is 23.9 Å². The minimum absolute atomic E-state index is 0.000364. The second-order valence-electron chi connectivity index (χ2n) is 13.0. The highest BCUT2D eigenvalue weighted by Gasteiger charge is 2.48. The number of aryl methyl sites for hydroxylation is 1. The number of hydrogen-bond donors (Lipinski definition) is 3. The lowest BCUT2D eigenvalue weighted by molar-refractivity contribution is -0.151. The molecule has 0 saturated carbocycles. The Morgan fingerprint density at radius 2 is 1.30 bits per heavy atom. The van der Waals surface area contributed by atoms with Crippen LogP contribution in [0.15, 0.2) is 29.6 Å². The maximum absolute atomic E-state index is 15.9. The molecule has 0 aromatic heterocycles. The van der Waals surface area contributed by atoms with E-state index in [0.717, 1.165) is 19.3 Å². The number of aromatic hydroxyl groups is 1. The van der Waals surface area contributed by atoms with E-state index in [0.29, 0.717) is 28.7 Å². The number of allylic oxidation sites excluding steroid dienone is 2. The van der Waals surface area contributed by atoms with Crippen molar-refractivity contribution in [2.24, 2.45) is 0 Å². The van der Waals surface area contributed by atoms with E-state index in [1.165, 1.54) is 47.6 Å². The van der Waals surface area contributed by atoms with Gasteiger partial charge in [0.1, 0.15) is 28.6 Å². The first-order valence-electron chi connectivity index (χ1n) is 16.5. The molecule has 1 aliphatic carbocycles. The van der Waals surface area contributed by atoms with E-state index in [2.05, 4.69) is 0 Å². The maximum atomic E-state index is 15.9. The smallest absolute Gasteiger partial charge is 0.356 e. The molecule has 0 heterocycles. The number of carbonyl (C=O) groups excluding carboxylic acids is 4. The van der Waals surface area contributed by atoms with Crippen LogP contribution in [0.25, 0.3) is 0 Å². The Balaban J connectivity index is 1.67. The zero-order valence-corrected chi connectivity index (χ0v) is 31.3. The number of esters is 3. The Morgan fingerprint density at radius 1 is 0.736 bits per heavy atom. The van der Waals surface area contributed by atoms with Gasteiger partial charge in [-0.3, -0.25) is 4.79 Å². The third kappa shape index (κ3) is 6.68. The first kappa shape index (κ1) is 40.0. The van der Waals surface area contributed by atoms with Gasteiger partial charge in [0, 0.05) is 17.2 Å². The van der Waals surface area contributed by atoms with Crippen LogP contribution in [0.3, 0.4) is 0 Å². The summed E-state index contributed by atoms with van der Waals surface area (Å²) in [6.45, 7) is 15.0. The molecule has 1 aliphatic rings. The molecule has 13 heteroatoms. The van der Waals surface area contributed by atoms with Crippen LogP contribution >= 0.6 is 0 Å². The molecule has 12 nitrogen and oxygen atoms in total. The first-order valence-corrected chi connectivity index (χ1v) is 16.5. The van der Waals surface area contributed by atoms with Gasteiger partial charge in [-0.15, -0.1) is 0 Å². The summed E-state index contributed by atoms with van der Waals surface area (Å²) in [7, 11) is 1.15. The fraction of sp³-hybridized carbons (Fsp3) is 0.325. The Morgan fingerprint density at radius 3 is 1.87 bits per heavy atom. The normalized spacial score (nSPS) is 15.4. The molecular formula is C40H41FO12. The molecular weight excluding hydrogens is 691 g/mol. The molecule has 1 unspecified atom stereocenters. The molecule has 0 amide bonds. The largest absolute Gasteiger partial charge is 0.507 e. The second-order valence-corrected chi connectivity index (χ2v) is 13.0. The van der Waals surface area contributed by atoms with Gasteiger partial charge in [0.05, 0.1) is 18.2 Å². The number of aromatic carboxylic acids is 1. The number of carboxylic acids is 1. The number of ether oxygens (including phenoxy) is 4. The highest BCUT2D eigenvalue weighted by Crippen LogP contribution is 2.40. The lowest BCUT2D eigenvalue weighted by atomic mass is 9.87. The molecule has 1 atom stereocenters. The number of methoxy groups -OCH3 is 1. The summed E-state index contributed by atoms with van der Waals surface area (Å²) in [4.78, 5) is 64.3. The van der Waals surface area contributed by atoms with Gasteiger partial charge in [0.2, 0.25) is 5.60 Å². The predicted molar refractivity (Wildman–Crippen MR) is 190 cm³/mol. The van der Waals surface area contributed by atoms with E-state index in [4.69, 9.17) is 18.9 Å². The number of hydrogen-bond acceptors (Lipinski definition) is 11. The molecule has 0 spiro atoms. The molecule has 0 saturated heterocycles. The quantitative estimate of drug-likeness (QED) is 0.163. The molecule has 4 rings (SSSR count). The minimum atomic E-state index is -2.52. The van der Waals surface area contributed by atoms with Crippen LogP contribution in [-0.4, -0.2) is 57.7 Å². The number of ketones is 1. The maximum Gasteiger partial charge on any atom is 0.356 e. The van der Waals surface area contributed by atoms with E-state index in [1.807, 2.05) is 0 Å². The third-order valence-electron chi connectivity index (χ3n) is 9.91. The van der Waals surface area contributed by atoms with Crippen molar-refractivity contribution in [3.05, 3.63) is 102 Å². The van der Waals surface area contributed by atoms with E-state index in [-0.39, 0.29) is 61.6 Å². The number of carbonyl (C=O) groups is 5. The van der Waals surface area contributed by atoms with Crippen molar-refractivity contribution in [2.75, 3.05) is 7.11 Å². The zero-order valence-electron chi connectivity index (χ0n) is 31.3. The van der Waals surface area contributed by atoms with Crippen LogP contribution in [0.2, 0.25) is 0 Å². The van der Waals surface area contributed by atoms with Crippen molar-refractivity contribution in [1.29, 1.82) is 0 Å². The Labute approximate surface area is 305 Å². The van der Waals surface area contributed by atoms with Crippen molar-refractivity contribution < 1.29 is 62.6 Å². The lowest BCUT2D eigenvalue weighted by Gasteiger charge is -2.30. The van der Waals surface area contributed by atoms with Crippen LogP contribution in [0, 0.1) is 61.2 Å². The monoisotopic (exact) mass is 732 g/mol. The average Bonchev–Trinajstić information content (AvgIpc) is 3.08. The van der Waals surface area contributed by atoms with Crippen LogP contribution in [0.5, 0.6) is 23.0 Å². The number of rotatable bonds is 9. The van der Waals surface area contributed by atoms with Gasteiger partial charge in [-0.2, -0.15) is 0 Å². The van der Waals surface area contributed by atoms with Crippen LogP contribution < -0.4 is 14.2 Å². The van der Waals surface area contributed by atoms with Gasteiger partial charge in [-0.1, -0.05) is 6.92 Å². The predicted octanol–water partition coefficient (Wildman–Crippen LogP) is 6.39. The molecule has 53 heavy (non-hydrogen) atoms. The van der Waals surface area contributed by atoms with Crippen molar-refractivity contribution in [3.63, 3.8) is 0 Å². The standard InChI is InChI=1S/C40H41FO12/c1-12-26-22(8)30(36(44)45)18(4)20(6)34(26)52-37(46)29-16(2)13-27(23(9)33(29)43)51-38(47)31-19(5)21(7)35(32(41)24(31)10)53-39(48)40(49)17(3)14-25(42)15-28(40)50-11/h13-15,43,49H,12H2,1-11H3,(H,44,45). The number of halogens is 1. The fourth-order valence-corrected chi connectivity index (χ4v) is 6.53. The van der Waals surface area contributed by atoms with E-state index < -0.39 is 58.3 Å². The van der Waals surface area contributed by atoms with Gasteiger partial charge in [-0.25, -0.2) is 23.6 Å². The molecule has 0 radical (unpaired) electrons.